The van der Waals surface area contributed by atoms with Gasteiger partial charge in [0.25, 0.3) is 0 Å². The minimum Gasteiger partial charge on any atom is -0.373 e. The van der Waals surface area contributed by atoms with Crippen LogP contribution in [0.4, 0.5) is 5.82 Å². The third-order valence-electron chi connectivity index (χ3n) is 5.12. The summed E-state index contributed by atoms with van der Waals surface area (Å²) in [6.07, 6.45) is 0.313. The van der Waals surface area contributed by atoms with E-state index in [2.05, 4.69) is 12.1 Å². The number of hydrogen-bond acceptors (Lipinski definition) is 8. The highest BCUT2D eigenvalue weighted by molar-refractivity contribution is 8.00. The number of rotatable bonds is 7. The molecule has 2 atom stereocenters. The van der Waals surface area contributed by atoms with E-state index in [1.165, 1.54) is 0 Å². The van der Waals surface area contributed by atoms with Gasteiger partial charge in [0.2, 0.25) is 5.91 Å². The SMILES string of the molecule is CCc1c(C#N)c(S[C@@H](C(N)=O)c2ccccc2)nc(N2CCO[C@H](CN)C2)c1C#N.Cl. The normalized spacial score (nSPS) is 16.4. The molecule has 0 aliphatic carbocycles. The van der Waals surface area contributed by atoms with Gasteiger partial charge in [-0.3, -0.25) is 4.79 Å². The lowest BCUT2D eigenvalue weighted by Crippen LogP contribution is -2.46. The van der Waals surface area contributed by atoms with E-state index < -0.39 is 11.2 Å². The number of anilines is 1. The lowest BCUT2D eigenvalue weighted by molar-refractivity contribution is -0.117. The molecule has 1 aromatic carbocycles. The molecule has 4 N–H and O–H groups in total. The van der Waals surface area contributed by atoms with Crippen molar-refractivity contribution in [1.29, 1.82) is 10.5 Å². The Morgan fingerprint density at radius 3 is 2.56 bits per heavy atom. The van der Waals surface area contributed by atoms with Gasteiger partial charge in [-0.05, 0) is 17.5 Å². The van der Waals surface area contributed by atoms with Crippen molar-refractivity contribution >= 4 is 35.9 Å². The molecule has 8 nitrogen and oxygen atoms in total. The monoisotopic (exact) mass is 472 g/mol. The molecule has 1 amide bonds. The van der Waals surface area contributed by atoms with Crippen LogP contribution in [0.25, 0.3) is 0 Å². The zero-order valence-corrected chi connectivity index (χ0v) is 19.3. The standard InChI is InChI=1S/C22H24N6O2S.ClH/c1-2-16-17(11-24)21(28-8-9-30-15(10-23)13-28)27-22(18(16)12-25)31-19(20(26)29)14-6-4-3-5-7-14;/h3-7,15,19H,2,8-10,13,23H2,1H3,(H2,26,29);1H/t15-,19-;/m1./s1. The number of nitrogens with two attached hydrogens (primary N) is 2. The largest absolute Gasteiger partial charge is 0.373 e. The predicted molar refractivity (Wildman–Crippen MR) is 126 cm³/mol. The summed E-state index contributed by atoms with van der Waals surface area (Å²) in [5, 5.41) is 19.4. The van der Waals surface area contributed by atoms with Crippen LogP contribution in [0.3, 0.4) is 0 Å². The number of ether oxygens (including phenoxy) is 1. The van der Waals surface area contributed by atoms with Crippen LogP contribution in [0.1, 0.15) is 34.4 Å². The number of benzene rings is 1. The van der Waals surface area contributed by atoms with Crippen molar-refractivity contribution in [3.8, 4) is 12.1 Å². The van der Waals surface area contributed by atoms with E-state index in [1.807, 2.05) is 42.2 Å². The Labute approximate surface area is 197 Å². The van der Waals surface area contributed by atoms with Crippen LogP contribution in [0.2, 0.25) is 0 Å². The number of amides is 1. The summed E-state index contributed by atoms with van der Waals surface area (Å²) >= 11 is 1.13. The fourth-order valence-electron chi connectivity index (χ4n) is 3.58. The maximum absolute atomic E-state index is 12.2. The molecule has 1 aliphatic rings. The zero-order chi connectivity index (χ0) is 22.4. The van der Waals surface area contributed by atoms with Crippen molar-refractivity contribution in [1.82, 2.24) is 4.98 Å². The number of aromatic nitrogens is 1. The van der Waals surface area contributed by atoms with Gasteiger partial charge >= 0.3 is 0 Å². The van der Waals surface area contributed by atoms with Gasteiger partial charge in [-0.1, -0.05) is 49.0 Å². The number of primary amides is 1. The maximum Gasteiger partial charge on any atom is 0.235 e. The molecule has 10 heteroatoms. The second-order valence-corrected chi connectivity index (χ2v) is 8.13. The first-order chi connectivity index (χ1) is 15.0. The van der Waals surface area contributed by atoms with E-state index in [-0.39, 0.29) is 18.5 Å². The Morgan fingerprint density at radius 1 is 1.31 bits per heavy atom. The minimum absolute atomic E-state index is 0. The number of hydrogen-bond donors (Lipinski definition) is 2. The number of morpholine rings is 1. The van der Waals surface area contributed by atoms with E-state index in [0.29, 0.717) is 60.2 Å². The number of carbonyl (C=O) groups excluding carboxylic acids is 1. The third kappa shape index (κ3) is 5.32. The van der Waals surface area contributed by atoms with Crippen LogP contribution >= 0.6 is 24.2 Å². The van der Waals surface area contributed by atoms with Gasteiger partial charge in [0.1, 0.15) is 28.2 Å². The molecule has 0 radical (unpaired) electrons. The van der Waals surface area contributed by atoms with Gasteiger partial charge in [0.05, 0.1) is 23.8 Å². The number of pyridine rings is 1. The van der Waals surface area contributed by atoms with Gasteiger partial charge < -0.3 is 21.1 Å². The highest BCUT2D eigenvalue weighted by Gasteiger charge is 2.29. The van der Waals surface area contributed by atoms with Gasteiger partial charge in [0.15, 0.2) is 0 Å². The molecule has 168 valence electrons. The van der Waals surface area contributed by atoms with E-state index in [1.54, 1.807) is 0 Å². The van der Waals surface area contributed by atoms with Crippen molar-refractivity contribution in [2.75, 3.05) is 31.1 Å². The van der Waals surface area contributed by atoms with E-state index in [4.69, 9.17) is 21.2 Å². The van der Waals surface area contributed by atoms with Gasteiger partial charge in [-0.2, -0.15) is 10.5 Å². The Hall–Kier alpha value is -2.82. The lowest BCUT2D eigenvalue weighted by Gasteiger charge is -2.34. The summed E-state index contributed by atoms with van der Waals surface area (Å²) in [5.74, 6) is -0.0423. The summed E-state index contributed by atoms with van der Waals surface area (Å²) in [7, 11) is 0. The average molecular weight is 473 g/mol. The van der Waals surface area contributed by atoms with E-state index >= 15 is 0 Å². The molecular weight excluding hydrogens is 448 g/mol. The number of carbonyl (C=O) groups is 1. The van der Waals surface area contributed by atoms with Crippen molar-refractivity contribution in [3.63, 3.8) is 0 Å². The van der Waals surface area contributed by atoms with Crippen LogP contribution in [0.15, 0.2) is 35.4 Å². The highest BCUT2D eigenvalue weighted by Crippen LogP contribution is 2.39. The molecule has 1 aliphatic heterocycles. The number of halogens is 1. The molecule has 1 aromatic heterocycles. The van der Waals surface area contributed by atoms with Crippen molar-refractivity contribution < 1.29 is 9.53 Å². The number of nitriles is 2. The lowest BCUT2D eigenvalue weighted by atomic mass is 10.0. The van der Waals surface area contributed by atoms with Crippen LogP contribution in [-0.2, 0) is 16.0 Å². The summed E-state index contributed by atoms with van der Waals surface area (Å²) in [6.45, 7) is 3.76. The predicted octanol–water partition coefficient (Wildman–Crippen LogP) is 2.29. The maximum atomic E-state index is 12.2. The molecule has 0 saturated carbocycles. The number of nitrogens with zero attached hydrogens (tertiary/aromatic N) is 4. The Balaban J connectivity index is 0.00000363. The minimum atomic E-state index is -0.715. The number of thioether (sulfide) groups is 1. The Morgan fingerprint density at radius 2 is 2.00 bits per heavy atom. The van der Waals surface area contributed by atoms with Crippen LogP contribution in [-0.4, -0.2) is 43.2 Å². The fourth-order valence-corrected chi connectivity index (χ4v) is 4.64. The molecule has 2 aromatic rings. The first-order valence-corrected chi connectivity index (χ1v) is 10.9. The van der Waals surface area contributed by atoms with Gasteiger partial charge in [-0.25, -0.2) is 4.98 Å². The zero-order valence-electron chi connectivity index (χ0n) is 17.7. The third-order valence-corrected chi connectivity index (χ3v) is 6.38. The molecule has 3 rings (SSSR count). The quantitative estimate of drug-likeness (QED) is 0.584. The van der Waals surface area contributed by atoms with Gasteiger partial charge in [-0.15, -0.1) is 12.4 Å². The molecule has 2 heterocycles. The molecule has 32 heavy (non-hydrogen) atoms. The Kier molecular flexibility index (Phi) is 9.30. The van der Waals surface area contributed by atoms with Crippen molar-refractivity contribution in [2.24, 2.45) is 11.5 Å². The van der Waals surface area contributed by atoms with Gasteiger partial charge in [0, 0.05) is 19.6 Å². The molecule has 0 spiro atoms. The molecule has 1 saturated heterocycles. The van der Waals surface area contributed by atoms with Crippen LogP contribution < -0.4 is 16.4 Å². The highest BCUT2D eigenvalue weighted by atomic mass is 35.5. The molecule has 0 unspecified atom stereocenters. The summed E-state index contributed by atoms with van der Waals surface area (Å²) in [5.41, 5.74) is 13.5. The first-order valence-electron chi connectivity index (χ1n) is 9.98. The fraction of sp³-hybridized carbons (Fsp3) is 0.364. The van der Waals surface area contributed by atoms with Crippen LogP contribution in [0, 0.1) is 22.7 Å². The second kappa shape index (κ2) is 11.7. The second-order valence-electron chi connectivity index (χ2n) is 7.03. The summed E-state index contributed by atoms with van der Waals surface area (Å²) < 4.78 is 5.64. The molecular formula is C22H25ClN6O2S. The molecule has 1 fully saturated rings. The summed E-state index contributed by atoms with van der Waals surface area (Å²) in [6, 6.07) is 13.5. The molecule has 0 bridgehead atoms. The topological polar surface area (TPSA) is 142 Å². The Bertz CT molecular complexity index is 1040. The van der Waals surface area contributed by atoms with E-state index in [9.17, 15) is 15.3 Å². The van der Waals surface area contributed by atoms with E-state index in [0.717, 1.165) is 17.3 Å². The van der Waals surface area contributed by atoms with Crippen LogP contribution in [0.5, 0.6) is 0 Å². The van der Waals surface area contributed by atoms with Crippen molar-refractivity contribution in [3.05, 3.63) is 52.6 Å². The average Bonchev–Trinajstić information content (AvgIpc) is 2.81. The smallest absolute Gasteiger partial charge is 0.235 e. The van der Waals surface area contributed by atoms with Crippen molar-refractivity contribution in [2.45, 2.75) is 29.7 Å². The summed E-state index contributed by atoms with van der Waals surface area (Å²) in [4.78, 5) is 18.9. The first kappa shape index (κ1) is 25.4.